The average Bonchev–Trinajstić information content (AvgIpc) is 2.66. The Morgan fingerprint density at radius 2 is 2.33 bits per heavy atom. The summed E-state index contributed by atoms with van der Waals surface area (Å²) in [7, 11) is 0. The fourth-order valence-corrected chi connectivity index (χ4v) is 2.08. The normalized spacial score (nSPS) is 10.8. The molecule has 0 aliphatic carbocycles. The number of halogens is 1. The molecule has 18 heavy (non-hydrogen) atoms. The standard InChI is InChI=1S/C12H14ClN3O2/c1-8-2-3-9-10(6-8)16(11(7-13)15-9)4-5-18-12(14)17/h2-3,6H,4-5,7H2,1H3,(H2,14,17). The molecular formula is C12H14ClN3O2. The number of carbonyl (C=O) groups excluding carboxylic acids is 1. The number of rotatable bonds is 4. The first-order valence-corrected chi connectivity index (χ1v) is 6.09. The first kappa shape index (κ1) is 12.7. The van der Waals surface area contributed by atoms with Gasteiger partial charge in [0.05, 0.1) is 23.5 Å². The number of primary amides is 1. The second-order valence-electron chi connectivity index (χ2n) is 3.97. The van der Waals surface area contributed by atoms with E-state index < -0.39 is 6.09 Å². The van der Waals surface area contributed by atoms with E-state index in [1.165, 1.54) is 0 Å². The van der Waals surface area contributed by atoms with Gasteiger partial charge in [-0.05, 0) is 24.6 Å². The number of hydrogen-bond acceptors (Lipinski definition) is 3. The molecule has 0 aliphatic heterocycles. The van der Waals surface area contributed by atoms with Gasteiger partial charge >= 0.3 is 6.09 Å². The third kappa shape index (κ3) is 2.56. The van der Waals surface area contributed by atoms with E-state index >= 15 is 0 Å². The number of alkyl halides is 1. The van der Waals surface area contributed by atoms with Crippen molar-refractivity contribution in [3.05, 3.63) is 29.6 Å². The highest BCUT2D eigenvalue weighted by molar-refractivity contribution is 6.16. The fourth-order valence-electron chi connectivity index (χ4n) is 1.87. The number of carbonyl (C=O) groups is 1. The summed E-state index contributed by atoms with van der Waals surface area (Å²) >= 11 is 5.87. The Morgan fingerprint density at radius 3 is 3.00 bits per heavy atom. The van der Waals surface area contributed by atoms with Gasteiger partial charge in [0.1, 0.15) is 12.4 Å². The first-order valence-electron chi connectivity index (χ1n) is 5.56. The van der Waals surface area contributed by atoms with Crippen LogP contribution in [0.4, 0.5) is 4.79 Å². The molecule has 0 spiro atoms. The lowest BCUT2D eigenvalue weighted by Gasteiger charge is -2.07. The number of benzene rings is 1. The van der Waals surface area contributed by atoms with Crippen molar-refractivity contribution in [3.63, 3.8) is 0 Å². The molecule has 1 heterocycles. The molecule has 5 nitrogen and oxygen atoms in total. The van der Waals surface area contributed by atoms with Crippen LogP contribution in [0.5, 0.6) is 0 Å². The maximum absolute atomic E-state index is 10.5. The van der Waals surface area contributed by atoms with Crippen LogP contribution in [-0.2, 0) is 17.2 Å². The molecule has 0 radical (unpaired) electrons. The lowest BCUT2D eigenvalue weighted by Crippen LogP contribution is -2.17. The zero-order valence-electron chi connectivity index (χ0n) is 10.0. The Bertz CT molecular complexity index is 580. The summed E-state index contributed by atoms with van der Waals surface area (Å²) in [6.07, 6.45) is -0.775. The van der Waals surface area contributed by atoms with Crippen LogP contribution < -0.4 is 5.73 Å². The van der Waals surface area contributed by atoms with Crippen molar-refractivity contribution >= 4 is 28.7 Å². The van der Waals surface area contributed by atoms with Crippen LogP contribution in [0, 0.1) is 6.92 Å². The largest absolute Gasteiger partial charge is 0.448 e. The highest BCUT2D eigenvalue weighted by Gasteiger charge is 2.10. The van der Waals surface area contributed by atoms with E-state index in [4.69, 9.17) is 22.1 Å². The number of amides is 1. The highest BCUT2D eigenvalue weighted by atomic mass is 35.5. The molecule has 2 rings (SSSR count). The minimum atomic E-state index is -0.775. The fraction of sp³-hybridized carbons (Fsp3) is 0.333. The smallest absolute Gasteiger partial charge is 0.404 e. The maximum Gasteiger partial charge on any atom is 0.404 e. The number of aryl methyl sites for hydroxylation is 1. The van der Waals surface area contributed by atoms with Gasteiger partial charge in [0.25, 0.3) is 0 Å². The van der Waals surface area contributed by atoms with Crippen molar-refractivity contribution in [2.45, 2.75) is 19.3 Å². The van der Waals surface area contributed by atoms with Crippen molar-refractivity contribution in [3.8, 4) is 0 Å². The van der Waals surface area contributed by atoms with Gasteiger partial charge in [0.2, 0.25) is 0 Å². The molecular weight excluding hydrogens is 254 g/mol. The third-order valence-corrected chi connectivity index (χ3v) is 2.90. The van der Waals surface area contributed by atoms with Gasteiger partial charge < -0.3 is 15.0 Å². The minimum absolute atomic E-state index is 0.207. The summed E-state index contributed by atoms with van der Waals surface area (Å²) in [5, 5.41) is 0. The summed E-state index contributed by atoms with van der Waals surface area (Å²) in [6.45, 7) is 2.71. The molecule has 1 aromatic carbocycles. The topological polar surface area (TPSA) is 70.1 Å². The predicted molar refractivity (Wildman–Crippen MR) is 69.6 cm³/mol. The molecule has 0 saturated carbocycles. The molecule has 6 heteroatoms. The Balaban J connectivity index is 2.33. The third-order valence-electron chi connectivity index (χ3n) is 2.66. The van der Waals surface area contributed by atoms with Crippen LogP contribution in [0.25, 0.3) is 11.0 Å². The van der Waals surface area contributed by atoms with E-state index in [9.17, 15) is 4.79 Å². The van der Waals surface area contributed by atoms with Gasteiger partial charge in [-0.1, -0.05) is 6.07 Å². The number of hydrogen-bond donors (Lipinski definition) is 1. The molecule has 0 unspecified atom stereocenters. The van der Waals surface area contributed by atoms with Crippen LogP contribution in [0.3, 0.4) is 0 Å². The van der Waals surface area contributed by atoms with Gasteiger partial charge in [0.15, 0.2) is 0 Å². The van der Waals surface area contributed by atoms with Crippen molar-refractivity contribution in [2.24, 2.45) is 5.73 Å². The lowest BCUT2D eigenvalue weighted by atomic mass is 10.2. The lowest BCUT2D eigenvalue weighted by molar-refractivity contribution is 0.152. The van der Waals surface area contributed by atoms with E-state index in [0.717, 1.165) is 22.4 Å². The Labute approximate surface area is 109 Å². The molecule has 0 fully saturated rings. The van der Waals surface area contributed by atoms with Crippen LogP contribution >= 0.6 is 11.6 Å². The Morgan fingerprint density at radius 1 is 1.56 bits per heavy atom. The minimum Gasteiger partial charge on any atom is -0.448 e. The average molecular weight is 268 g/mol. The van der Waals surface area contributed by atoms with Crippen LogP contribution in [0.1, 0.15) is 11.4 Å². The quantitative estimate of drug-likeness (QED) is 0.863. The van der Waals surface area contributed by atoms with Gasteiger partial charge in [-0.15, -0.1) is 11.6 Å². The second kappa shape index (κ2) is 5.27. The summed E-state index contributed by atoms with van der Waals surface area (Å²) < 4.78 is 6.68. The van der Waals surface area contributed by atoms with E-state index in [0.29, 0.717) is 12.4 Å². The zero-order valence-corrected chi connectivity index (χ0v) is 10.8. The Kier molecular flexibility index (Phi) is 3.72. The molecule has 0 saturated heterocycles. The molecule has 1 amide bonds. The molecule has 0 aliphatic rings. The van der Waals surface area contributed by atoms with E-state index in [-0.39, 0.29) is 6.61 Å². The molecule has 96 valence electrons. The van der Waals surface area contributed by atoms with E-state index in [1.807, 2.05) is 29.7 Å². The number of aromatic nitrogens is 2. The number of imidazole rings is 1. The zero-order chi connectivity index (χ0) is 13.1. The molecule has 0 bridgehead atoms. The van der Waals surface area contributed by atoms with E-state index in [1.54, 1.807) is 0 Å². The van der Waals surface area contributed by atoms with Gasteiger partial charge in [-0.25, -0.2) is 9.78 Å². The maximum atomic E-state index is 10.5. The first-order chi connectivity index (χ1) is 8.61. The summed E-state index contributed by atoms with van der Waals surface area (Å²) in [4.78, 5) is 15.0. The predicted octanol–water partition coefficient (Wildman–Crippen LogP) is 2.18. The number of nitrogens with zero attached hydrogens (tertiary/aromatic N) is 2. The van der Waals surface area contributed by atoms with Crippen LogP contribution in [-0.4, -0.2) is 22.3 Å². The van der Waals surface area contributed by atoms with Crippen molar-refractivity contribution in [1.29, 1.82) is 0 Å². The number of fused-ring (bicyclic) bond motifs is 1. The molecule has 2 N–H and O–H groups in total. The molecule has 1 aromatic heterocycles. The van der Waals surface area contributed by atoms with Crippen molar-refractivity contribution in [1.82, 2.24) is 9.55 Å². The summed E-state index contributed by atoms with van der Waals surface area (Å²) in [5.74, 6) is 1.06. The van der Waals surface area contributed by atoms with Gasteiger partial charge in [0, 0.05) is 0 Å². The summed E-state index contributed by atoms with van der Waals surface area (Å²) in [6, 6.07) is 5.98. The second-order valence-corrected chi connectivity index (χ2v) is 4.24. The highest BCUT2D eigenvalue weighted by Crippen LogP contribution is 2.19. The van der Waals surface area contributed by atoms with Gasteiger partial charge in [-0.3, -0.25) is 0 Å². The van der Waals surface area contributed by atoms with Crippen molar-refractivity contribution in [2.75, 3.05) is 6.61 Å². The number of ether oxygens (including phenoxy) is 1. The van der Waals surface area contributed by atoms with Crippen LogP contribution in [0.2, 0.25) is 0 Å². The number of nitrogens with two attached hydrogens (primary N) is 1. The SMILES string of the molecule is Cc1ccc2nc(CCl)n(CCOC(N)=O)c2c1. The van der Waals surface area contributed by atoms with Crippen LogP contribution in [0.15, 0.2) is 18.2 Å². The Hall–Kier alpha value is -1.75. The van der Waals surface area contributed by atoms with Crippen molar-refractivity contribution < 1.29 is 9.53 Å². The van der Waals surface area contributed by atoms with E-state index in [2.05, 4.69) is 4.98 Å². The summed E-state index contributed by atoms with van der Waals surface area (Å²) in [5.41, 5.74) is 7.94. The van der Waals surface area contributed by atoms with Gasteiger partial charge in [-0.2, -0.15) is 0 Å². The monoisotopic (exact) mass is 267 g/mol. The molecule has 0 atom stereocenters. The molecule has 2 aromatic rings.